The van der Waals surface area contributed by atoms with Crippen molar-refractivity contribution < 1.29 is 4.79 Å². The summed E-state index contributed by atoms with van der Waals surface area (Å²) >= 11 is 0. The average molecular weight is 304 g/mol. The van der Waals surface area contributed by atoms with E-state index in [1.165, 1.54) is 0 Å². The minimum atomic E-state index is -0.242. The number of hydrogen-bond acceptors (Lipinski definition) is 4. The molecule has 1 amide bonds. The number of benzene rings is 1. The van der Waals surface area contributed by atoms with Gasteiger partial charge in [-0.2, -0.15) is 10.1 Å². The van der Waals surface area contributed by atoms with E-state index in [0.717, 1.165) is 5.69 Å². The normalized spacial score (nSPS) is 10.8. The molecule has 7 heteroatoms. The molecular weight excluding hydrogens is 292 g/mol. The van der Waals surface area contributed by atoms with E-state index in [2.05, 4.69) is 20.5 Å². The highest BCUT2D eigenvalue weighted by Crippen LogP contribution is 2.11. The lowest BCUT2D eigenvalue weighted by Crippen LogP contribution is -2.12. The van der Waals surface area contributed by atoms with Gasteiger partial charge in [0.25, 0.3) is 5.91 Å². The Hall–Kier alpha value is -3.48. The van der Waals surface area contributed by atoms with Crippen molar-refractivity contribution in [1.29, 1.82) is 0 Å². The molecule has 0 aliphatic heterocycles. The molecular formula is C16H12N6O. The fourth-order valence-corrected chi connectivity index (χ4v) is 2.25. The summed E-state index contributed by atoms with van der Waals surface area (Å²) in [6, 6.07) is 14.5. The number of nitrogens with one attached hydrogen (secondary N) is 1. The van der Waals surface area contributed by atoms with Crippen LogP contribution < -0.4 is 5.32 Å². The number of amides is 1. The Morgan fingerprint density at radius 3 is 2.70 bits per heavy atom. The molecule has 1 N–H and O–H groups in total. The predicted molar refractivity (Wildman–Crippen MR) is 84.5 cm³/mol. The summed E-state index contributed by atoms with van der Waals surface area (Å²) in [5.74, 6) is 0.0188. The summed E-state index contributed by atoms with van der Waals surface area (Å²) in [5, 5.41) is 11.2. The van der Waals surface area contributed by atoms with Crippen molar-refractivity contribution in [2.45, 2.75) is 0 Å². The first-order valence-corrected chi connectivity index (χ1v) is 7.02. The Morgan fingerprint density at radius 2 is 1.91 bits per heavy atom. The number of rotatable bonds is 3. The Labute approximate surface area is 131 Å². The number of carbonyl (C=O) groups is 1. The zero-order valence-corrected chi connectivity index (χ0v) is 12.0. The van der Waals surface area contributed by atoms with Crippen LogP contribution in [0, 0.1) is 0 Å². The van der Waals surface area contributed by atoms with E-state index in [-0.39, 0.29) is 11.9 Å². The third-order valence-corrected chi connectivity index (χ3v) is 3.35. The first-order valence-electron chi connectivity index (χ1n) is 7.02. The monoisotopic (exact) mass is 304 g/mol. The van der Waals surface area contributed by atoms with Crippen molar-refractivity contribution in [3.05, 3.63) is 72.7 Å². The third kappa shape index (κ3) is 2.55. The Morgan fingerprint density at radius 1 is 1.04 bits per heavy atom. The Balaban J connectivity index is 1.63. The molecule has 0 atom stereocenters. The first kappa shape index (κ1) is 13.2. The molecule has 0 aliphatic rings. The topological polar surface area (TPSA) is 77.1 Å². The molecule has 7 nitrogen and oxygen atoms in total. The highest BCUT2D eigenvalue weighted by Gasteiger charge is 2.10. The van der Waals surface area contributed by atoms with E-state index in [4.69, 9.17) is 0 Å². The van der Waals surface area contributed by atoms with Gasteiger partial charge in [0.15, 0.2) is 5.65 Å². The summed E-state index contributed by atoms with van der Waals surface area (Å²) in [6.07, 6.45) is 5.35. The maximum Gasteiger partial charge on any atom is 0.258 e. The standard InChI is InChI=1S/C16H12N6O/c23-15(12-5-2-1-3-6-12)19-16-18-14-8-7-13(11-22(14)20-16)21-10-4-9-17-21/h1-11H,(H,19,20,23). The van der Waals surface area contributed by atoms with Crippen LogP contribution in [0.4, 0.5) is 5.95 Å². The van der Waals surface area contributed by atoms with Gasteiger partial charge in [0.1, 0.15) is 0 Å². The van der Waals surface area contributed by atoms with Crippen molar-refractivity contribution in [2.75, 3.05) is 5.32 Å². The summed E-state index contributed by atoms with van der Waals surface area (Å²) in [7, 11) is 0. The number of hydrogen-bond donors (Lipinski definition) is 1. The van der Waals surface area contributed by atoms with Gasteiger partial charge >= 0.3 is 0 Å². The van der Waals surface area contributed by atoms with Crippen LogP contribution in [0.5, 0.6) is 0 Å². The molecule has 3 heterocycles. The summed E-state index contributed by atoms with van der Waals surface area (Å²) in [4.78, 5) is 16.4. The molecule has 0 aliphatic carbocycles. The van der Waals surface area contributed by atoms with Crippen molar-refractivity contribution in [3.63, 3.8) is 0 Å². The lowest BCUT2D eigenvalue weighted by molar-refractivity contribution is 0.102. The van der Waals surface area contributed by atoms with E-state index in [0.29, 0.717) is 11.2 Å². The van der Waals surface area contributed by atoms with E-state index in [1.54, 1.807) is 33.7 Å². The van der Waals surface area contributed by atoms with Crippen LogP contribution in [0.2, 0.25) is 0 Å². The second kappa shape index (κ2) is 5.38. The third-order valence-electron chi connectivity index (χ3n) is 3.35. The van der Waals surface area contributed by atoms with Gasteiger partial charge in [-0.15, -0.1) is 5.10 Å². The van der Waals surface area contributed by atoms with Gasteiger partial charge in [-0.1, -0.05) is 18.2 Å². The van der Waals surface area contributed by atoms with E-state index < -0.39 is 0 Å². The lowest BCUT2D eigenvalue weighted by Gasteiger charge is -2.00. The smallest absolute Gasteiger partial charge is 0.258 e. The maximum atomic E-state index is 12.1. The van der Waals surface area contributed by atoms with E-state index >= 15 is 0 Å². The van der Waals surface area contributed by atoms with Crippen molar-refractivity contribution in [3.8, 4) is 5.69 Å². The fraction of sp³-hybridized carbons (Fsp3) is 0. The van der Waals surface area contributed by atoms with Crippen LogP contribution in [0.1, 0.15) is 10.4 Å². The summed E-state index contributed by atoms with van der Waals surface area (Å²) in [6.45, 7) is 0. The summed E-state index contributed by atoms with van der Waals surface area (Å²) < 4.78 is 3.33. The fourth-order valence-electron chi connectivity index (χ4n) is 2.25. The molecule has 4 aromatic rings. The van der Waals surface area contributed by atoms with Gasteiger partial charge < -0.3 is 0 Å². The zero-order valence-electron chi connectivity index (χ0n) is 12.0. The largest absolute Gasteiger partial charge is 0.289 e. The molecule has 0 radical (unpaired) electrons. The summed E-state index contributed by atoms with van der Waals surface area (Å²) in [5.41, 5.74) is 2.06. The van der Waals surface area contributed by atoms with Crippen molar-refractivity contribution in [2.24, 2.45) is 0 Å². The predicted octanol–water partition coefficient (Wildman–Crippen LogP) is 2.17. The molecule has 23 heavy (non-hydrogen) atoms. The van der Waals surface area contributed by atoms with E-state index in [9.17, 15) is 4.79 Å². The van der Waals surface area contributed by atoms with Gasteiger partial charge in [-0.05, 0) is 30.3 Å². The molecule has 4 rings (SSSR count). The minimum absolute atomic E-state index is 0.242. The van der Waals surface area contributed by atoms with Gasteiger partial charge in [-0.3, -0.25) is 10.1 Å². The highest BCUT2D eigenvalue weighted by atomic mass is 16.1. The second-order valence-electron chi connectivity index (χ2n) is 4.90. The molecule has 0 spiro atoms. The van der Waals surface area contributed by atoms with E-state index in [1.807, 2.05) is 42.6 Å². The molecule has 0 saturated heterocycles. The van der Waals surface area contributed by atoms with Crippen LogP contribution in [-0.4, -0.2) is 30.3 Å². The quantitative estimate of drug-likeness (QED) is 0.629. The van der Waals surface area contributed by atoms with Crippen LogP contribution in [-0.2, 0) is 0 Å². The van der Waals surface area contributed by atoms with Crippen LogP contribution in [0.15, 0.2) is 67.1 Å². The number of nitrogens with zero attached hydrogens (tertiary/aromatic N) is 5. The molecule has 0 bridgehead atoms. The number of fused-ring (bicyclic) bond motifs is 1. The van der Waals surface area contributed by atoms with Gasteiger partial charge in [0, 0.05) is 18.0 Å². The highest BCUT2D eigenvalue weighted by molar-refractivity contribution is 6.03. The van der Waals surface area contributed by atoms with Gasteiger partial charge in [0.05, 0.1) is 11.9 Å². The molecule has 0 saturated carbocycles. The molecule has 1 aromatic carbocycles. The maximum absolute atomic E-state index is 12.1. The molecule has 0 fully saturated rings. The van der Waals surface area contributed by atoms with Gasteiger partial charge in [-0.25, -0.2) is 9.20 Å². The molecule has 0 unspecified atom stereocenters. The van der Waals surface area contributed by atoms with Crippen LogP contribution >= 0.6 is 0 Å². The SMILES string of the molecule is O=C(Nc1nc2ccc(-n3cccn3)cn2n1)c1ccccc1. The number of aromatic nitrogens is 5. The number of carbonyl (C=O) groups excluding carboxylic acids is 1. The number of pyridine rings is 1. The minimum Gasteiger partial charge on any atom is -0.289 e. The Kier molecular flexibility index (Phi) is 3.09. The zero-order chi connectivity index (χ0) is 15.6. The van der Waals surface area contributed by atoms with Gasteiger partial charge in [0.2, 0.25) is 5.95 Å². The Bertz CT molecular complexity index is 959. The second-order valence-corrected chi connectivity index (χ2v) is 4.90. The first-order chi connectivity index (χ1) is 11.3. The molecule has 112 valence electrons. The van der Waals surface area contributed by atoms with Crippen molar-refractivity contribution in [1.82, 2.24) is 24.4 Å². The number of anilines is 1. The average Bonchev–Trinajstić information content (AvgIpc) is 3.24. The van der Waals surface area contributed by atoms with Crippen LogP contribution in [0.25, 0.3) is 11.3 Å². The molecule has 3 aromatic heterocycles. The van der Waals surface area contributed by atoms with Crippen LogP contribution in [0.3, 0.4) is 0 Å². The van der Waals surface area contributed by atoms with Crippen molar-refractivity contribution >= 4 is 17.5 Å². The lowest BCUT2D eigenvalue weighted by atomic mass is 10.2.